The van der Waals surface area contributed by atoms with Crippen LogP contribution in [0.5, 0.6) is 0 Å². The molecule has 0 aromatic heterocycles. The van der Waals surface area contributed by atoms with Gasteiger partial charge in [0.25, 0.3) is 8.32 Å². The predicted molar refractivity (Wildman–Crippen MR) is 127 cm³/mol. The van der Waals surface area contributed by atoms with Crippen LogP contribution in [0.1, 0.15) is 81.1 Å². The molecule has 1 aliphatic rings. The van der Waals surface area contributed by atoms with Crippen molar-refractivity contribution in [1.82, 2.24) is 0 Å². The highest BCUT2D eigenvalue weighted by molar-refractivity contribution is 6.77. The van der Waals surface area contributed by atoms with E-state index in [2.05, 4.69) is 47.5 Å². The van der Waals surface area contributed by atoms with Crippen molar-refractivity contribution in [2.45, 2.75) is 97.7 Å². The van der Waals surface area contributed by atoms with E-state index in [1.54, 1.807) is 13.8 Å². The second-order valence-electron chi connectivity index (χ2n) is 9.34. The topological polar surface area (TPSA) is 61.8 Å². The Bertz CT molecular complexity index is 647. The Hall–Kier alpha value is -1.74. The highest BCUT2D eigenvalue weighted by Crippen LogP contribution is 2.47. The standard InChI is InChI=1S/C25H42O5Si/c1-10-16-25(23(26)28-11-2,24(27)29-12-3)21-14-13-15-22(17-21)30-31(18(4)5,19(6)7)20(8)9/h1,17-21H,11-16H2,2-9H3. The maximum Gasteiger partial charge on any atom is 0.325 e. The maximum atomic E-state index is 13.1. The quantitative estimate of drug-likeness (QED) is 0.167. The largest absolute Gasteiger partial charge is 0.546 e. The Morgan fingerprint density at radius 1 is 1.06 bits per heavy atom. The first-order valence-electron chi connectivity index (χ1n) is 11.7. The molecule has 1 aliphatic carbocycles. The molecular formula is C25H42O5Si. The number of hydrogen-bond donors (Lipinski definition) is 0. The second-order valence-corrected chi connectivity index (χ2v) is 14.7. The van der Waals surface area contributed by atoms with Gasteiger partial charge < -0.3 is 13.9 Å². The van der Waals surface area contributed by atoms with Gasteiger partial charge in [-0.25, -0.2) is 0 Å². The van der Waals surface area contributed by atoms with E-state index in [1.165, 1.54) is 0 Å². The zero-order valence-electron chi connectivity index (χ0n) is 20.7. The zero-order valence-corrected chi connectivity index (χ0v) is 21.7. The first kappa shape index (κ1) is 27.3. The average molecular weight is 451 g/mol. The Morgan fingerprint density at radius 2 is 1.55 bits per heavy atom. The Balaban J connectivity index is 3.51. The molecule has 1 unspecified atom stereocenters. The van der Waals surface area contributed by atoms with Gasteiger partial charge in [0.2, 0.25) is 0 Å². The van der Waals surface area contributed by atoms with Gasteiger partial charge >= 0.3 is 11.9 Å². The van der Waals surface area contributed by atoms with Crippen LogP contribution in [-0.2, 0) is 23.5 Å². The molecule has 31 heavy (non-hydrogen) atoms. The van der Waals surface area contributed by atoms with E-state index in [0.717, 1.165) is 18.6 Å². The fourth-order valence-electron chi connectivity index (χ4n) is 5.28. The van der Waals surface area contributed by atoms with Crippen molar-refractivity contribution >= 4 is 20.3 Å². The molecule has 0 N–H and O–H groups in total. The number of esters is 2. The summed E-state index contributed by atoms with van der Waals surface area (Å²) in [7, 11) is -2.15. The van der Waals surface area contributed by atoms with Crippen molar-refractivity contribution in [2.24, 2.45) is 11.3 Å². The summed E-state index contributed by atoms with van der Waals surface area (Å²) in [4.78, 5) is 26.2. The van der Waals surface area contributed by atoms with Crippen LogP contribution in [0.2, 0.25) is 16.6 Å². The normalized spacial score (nSPS) is 17.4. The monoisotopic (exact) mass is 450 g/mol. The predicted octanol–water partition coefficient (Wildman–Crippen LogP) is 6.00. The fourth-order valence-corrected chi connectivity index (χ4v) is 10.6. The molecule has 6 heteroatoms. The second kappa shape index (κ2) is 11.8. The third-order valence-corrected chi connectivity index (χ3v) is 12.7. The number of rotatable bonds is 11. The van der Waals surface area contributed by atoms with Gasteiger partial charge in [-0.3, -0.25) is 9.59 Å². The molecule has 0 saturated heterocycles. The molecular weight excluding hydrogens is 408 g/mol. The lowest BCUT2D eigenvalue weighted by Crippen LogP contribution is -2.49. The lowest BCUT2D eigenvalue weighted by atomic mass is 9.69. The summed E-state index contributed by atoms with van der Waals surface area (Å²) in [5.74, 6) is 1.80. The van der Waals surface area contributed by atoms with Crippen molar-refractivity contribution < 1.29 is 23.5 Å². The molecule has 1 atom stereocenters. The molecule has 176 valence electrons. The molecule has 0 fully saturated rings. The van der Waals surface area contributed by atoms with Gasteiger partial charge in [-0.1, -0.05) is 41.5 Å². The molecule has 5 nitrogen and oxygen atoms in total. The lowest BCUT2D eigenvalue weighted by Gasteiger charge is -2.44. The van der Waals surface area contributed by atoms with E-state index in [9.17, 15) is 9.59 Å². The summed E-state index contributed by atoms with van der Waals surface area (Å²) in [6.07, 6.45) is 9.83. The van der Waals surface area contributed by atoms with Gasteiger partial charge in [0.1, 0.15) is 0 Å². The molecule has 0 spiro atoms. The van der Waals surface area contributed by atoms with Gasteiger partial charge in [-0.05, 0) is 49.4 Å². The Morgan fingerprint density at radius 3 is 1.94 bits per heavy atom. The Kier molecular flexibility index (Phi) is 10.4. The number of carbonyl (C=O) groups is 2. The number of allylic oxidation sites excluding steroid dienone is 2. The maximum absolute atomic E-state index is 13.1. The molecule has 0 bridgehead atoms. The summed E-state index contributed by atoms with van der Waals surface area (Å²) in [5.41, 5.74) is -0.244. The van der Waals surface area contributed by atoms with Crippen molar-refractivity contribution in [3.05, 3.63) is 11.8 Å². The van der Waals surface area contributed by atoms with E-state index in [1.807, 2.05) is 6.08 Å². The SMILES string of the molecule is C#CCC(C(=O)OCC)(C(=O)OCC)C1C=C(O[Si](C(C)C)(C(C)C)C(C)C)CCC1. The van der Waals surface area contributed by atoms with E-state index in [4.69, 9.17) is 20.3 Å². The molecule has 0 aromatic rings. The van der Waals surface area contributed by atoms with Crippen molar-refractivity contribution in [2.75, 3.05) is 13.2 Å². The lowest BCUT2D eigenvalue weighted by molar-refractivity contribution is -0.175. The smallest absolute Gasteiger partial charge is 0.325 e. The van der Waals surface area contributed by atoms with Crippen LogP contribution in [-0.4, -0.2) is 33.5 Å². The average Bonchev–Trinajstić information content (AvgIpc) is 2.69. The van der Waals surface area contributed by atoms with Gasteiger partial charge in [-0.2, -0.15) is 0 Å². The van der Waals surface area contributed by atoms with Crippen LogP contribution >= 0.6 is 0 Å². The molecule has 0 aromatic carbocycles. The summed E-state index contributed by atoms with van der Waals surface area (Å²) in [6.45, 7) is 17.3. The molecule has 0 amide bonds. The van der Waals surface area contributed by atoms with Crippen molar-refractivity contribution in [3.8, 4) is 12.3 Å². The Labute approximate surface area is 190 Å². The third-order valence-electron chi connectivity index (χ3n) is 6.63. The van der Waals surface area contributed by atoms with Crippen molar-refractivity contribution in [3.63, 3.8) is 0 Å². The minimum absolute atomic E-state index is 0.0553. The van der Waals surface area contributed by atoms with E-state index < -0.39 is 31.6 Å². The molecule has 1 rings (SSSR count). The van der Waals surface area contributed by atoms with Gasteiger partial charge in [0.15, 0.2) is 5.41 Å². The van der Waals surface area contributed by atoms with Gasteiger partial charge in [0, 0.05) is 18.8 Å². The highest BCUT2D eigenvalue weighted by atomic mass is 28.4. The third kappa shape index (κ3) is 5.55. The van der Waals surface area contributed by atoms with Gasteiger partial charge in [0.05, 0.1) is 19.0 Å². The number of terminal acetylenes is 1. The van der Waals surface area contributed by atoms with E-state index >= 15 is 0 Å². The van der Waals surface area contributed by atoms with E-state index in [0.29, 0.717) is 23.0 Å². The minimum atomic E-state index is -2.15. The number of hydrogen-bond acceptors (Lipinski definition) is 5. The summed E-state index contributed by atoms with van der Waals surface area (Å²) in [5, 5.41) is 0. The van der Waals surface area contributed by atoms with Crippen LogP contribution < -0.4 is 0 Å². The van der Waals surface area contributed by atoms with Crippen LogP contribution in [0.3, 0.4) is 0 Å². The molecule has 0 saturated carbocycles. The first-order valence-corrected chi connectivity index (χ1v) is 13.9. The molecule has 0 heterocycles. The molecule has 0 aliphatic heterocycles. The van der Waals surface area contributed by atoms with Crippen molar-refractivity contribution in [1.29, 1.82) is 0 Å². The van der Waals surface area contributed by atoms with Crippen LogP contribution in [0, 0.1) is 23.7 Å². The van der Waals surface area contributed by atoms with Crippen LogP contribution in [0.4, 0.5) is 0 Å². The minimum Gasteiger partial charge on any atom is -0.546 e. The summed E-state index contributed by atoms with van der Waals surface area (Å²) >= 11 is 0. The van der Waals surface area contributed by atoms with Crippen LogP contribution in [0.15, 0.2) is 11.8 Å². The number of ether oxygens (including phenoxy) is 2. The molecule has 0 radical (unpaired) electrons. The first-order chi connectivity index (χ1) is 14.5. The van der Waals surface area contributed by atoms with Gasteiger partial charge in [-0.15, -0.1) is 12.3 Å². The summed E-state index contributed by atoms with van der Waals surface area (Å²) < 4.78 is 17.6. The highest BCUT2D eigenvalue weighted by Gasteiger charge is 2.55. The fraction of sp³-hybridized carbons (Fsp3) is 0.760. The van der Waals surface area contributed by atoms with Crippen LogP contribution in [0.25, 0.3) is 0 Å². The zero-order chi connectivity index (χ0) is 23.8. The number of carbonyl (C=O) groups excluding carboxylic acids is 2. The van der Waals surface area contributed by atoms with E-state index in [-0.39, 0.29) is 19.6 Å². The summed E-state index contributed by atoms with van der Waals surface area (Å²) in [6, 6.07) is 0.